The SMILES string of the molecule is Cc1cc(/C=N/NC(=O)Cc2ccccc2)c(C)n1-c1cccc(Cl)c1Cl. The molecular weight excluding hydrogens is 381 g/mol. The second-order valence-electron chi connectivity index (χ2n) is 6.19. The number of nitrogens with zero attached hydrogens (tertiary/aromatic N) is 2. The number of hydrogen-bond acceptors (Lipinski definition) is 2. The molecule has 1 heterocycles. The summed E-state index contributed by atoms with van der Waals surface area (Å²) in [6, 6.07) is 17.1. The molecule has 0 radical (unpaired) electrons. The van der Waals surface area contributed by atoms with Gasteiger partial charge in [-0.1, -0.05) is 59.6 Å². The van der Waals surface area contributed by atoms with Gasteiger partial charge >= 0.3 is 0 Å². The molecule has 0 saturated carbocycles. The van der Waals surface area contributed by atoms with Crippen LogP contribution in [0.3, 0.4) is 0 Å². The van der Waals surface area contributed by atoms with Crippen molar-refractivity contribution >= 4 is 35.3 Å². The Bertz CT molecular complexity index is 994. The molecule has 27 heavy (non-hydrogen) atoms. The van der Waals surface area contributed by atoms with Gasteiger partial charge in [0.15, 0.2) is 0 Å². The lowest BCUT2D eigenvalue weighted by Gasteiger charge is -2.12. The quantitative estimate of drug-likeness (QED) is 0.471. The summed E-state index contributed by atoms with van der Waals surface area (Å²) in [5.74, 6) is -0.163. The van der Waals surface area contributed by atoms with Crippen LogP contribution in [0.4, 0.5) is 0 Å². The molecule has 0 saturated heterocycles. The summed E-state index contributed by atoms with van der Waals surface area (Å²) in [5.41, 5.74) is 7.17. The van der Waals surface area contributed by atoms with Crippen LogP contribution in [0, 0.1) is 13.8 Å². The molecule has 4 nitrogen and oxygen atoms in total. The minimum atomic E-state index is -0.163. The number of rotatable bonds is 5. The van der Waals surface area contributed by atoms with Gasteiger partial charge in [0.1, 0.15) is 0 Å². The number of nitrogens with one attached hydrogen (secondary N) is 1. The lowest BCUT2D eigenvalue weighted by Crippen LogP contribution is -2.19. The fourth-order valence-corrected chi connectivity index (χ4v) is 3.33. The first kappa shape index (κ1) is 19.2. The zero-order chi connectivity index (χ0) is 19.4. The molecule has 0 fully saturated rings. The zero-order valence-electron chi connectivity index (χ0n) is 15.0. The summed E-state index contributed by atoms with van der Waals surface area (Å²) >= 11 is 12.5. The number of benzene rings is 2. The standard InChI is InChI=1S/C21H19Cl2N3O/c1-14-11-17(13-24-25-20(27)12-16-7-4-3-5-8-16)15(2)26(14)19-10-6-9-18(22)21(19)23/h3-11,13H,12H2,1-2H3,(H,25,27)/b24-13+. The maximum Gasteiger partial charge on any atom is 0.244 e. The zero-order valence-corrected chi connectivity index (χ0v) is 16.6. The Labute approximate surface area is 168 Å². The van der Waals surface area contributed by atoms with Crippen LogP contribution in [0.5, 0.6) is 0 Å². The van der Waals surface area contributed by atoms with Gasteiger partial charge < -0.3 is 4.57 Å². The average molecular weight is 400 g/mol. The van der Waals surface area contributed by atoms with Gasteiger partial charge in [0.2, 0.25) is 5.91 Å². The third-order valence-corrected chi connectivity index (χ3v) is 5.05. The molecule has 3 rings (SSSR count). The van der Waals surface area contributed by atoms with E-state index in [9.17, 15) is 4.79 Å². The van der Waals surface area contributed by atoms with Crippen molar-refractivity contribution in [1.29, 1.82) is 0 Å². The number of aryl methyl sites for hydroxylation is 1. The van der Waals surface area contributed by atoms with E-state index in [0.29, 0.717) is 10.0 Å². The Hall–Kier alpha value is -2.56. The van der Waals surface area contributed by atoms with E-state index in [1.165, 1.54) is 0 Å². The summed E-state index contributed by atoms with van der Waals surface area (Å²) in [5, 5.41) is 5.09. The molecule has 0 aliphatic carbocycles. The van der Waals surface area contributed by atoms with Gasteiger partial charge in [-0.2, -0.15) is 5.10 Å². The molecule has 0 bridgehead atoms. The molecule has 0 atom stereocenters. The van der Waals surface area contributed by atoms with Crippen molar-refractivity contribution in [1.82, 2.24) is 9.99 Å². The van der Waals surface area contributed by atoms with Crippen LogP contribution >= 0.6 is 23.2 Å². The van der Waals surface area contributed by atoms with E-state index >= 15 is 0 Å². The highest BCUT2D eigenvalue weighted by Crippen LogP contribution is 2.31. The lowest BCUT2D eigenvalue weighted by atomic mass is 10.1. The second kappa shape index (κ2) is 8.42. The van der Waals surface area contributed by atoms with Gasteiger partial charge in [0.05, 0.1) is 28.4 Å². The molecule has 138 valence electrons. The largest absolute Gasteiger partial charge is 0.316 e. The summed E-state index contributed by atoms with van der Waals surface area (Å²) in [7, 11) is 0. The molecular formula is C21H19Cl2N3O. The number of amides is 1. The molecule has 0 unspecified atom stereocenters. The smallest absolute Gasteiger partial charge is 0.244 e. The lowest BCUT2D eigenvalue weighted by molar-refractivity contribution is -0.120. The van der Waals surface area contributed by atoms with Crippen molar-refractivity contribution in [2.45, 2.75) is 20.3 Å². The van der Waals surface area contributed by atoms with Crippen molar-refractivity contribution < 1.29 is 4.79 Å². The van der Waals surface area contributed by atoms with Crippen molar-refractivity contribution in [3.05, 3.63) is 87.2 Å². The van der Waals surface area contributed by atoms with E-state index in [-0.39, 0.29) is 12.3 Å². The van der Waals surface area contributed by atoms with Crippen LogP contribution in [0.15, 0.2) is 59.7 Å². The summed E-state index contributed by atoms with van der Waals surface area (Å²) in [6.07, 6.45) is 1.93. The van der Waals surface area contributed by atoms with Crippen molar-refractivity contribution in [2.75, 3.05) is 0 Å². The van der Waals surface area contributed by atoms with E-state index < -0.39 is 0 Å². The van der Waals surface area contributed by atoms with Crippen LogP contribution in [-0.4, -0.2) is 16.7 Å². The molecule has 6 heteroatoms. The molecule has 3 aromatic rings. The van der Waals surface area contributed by atoms with Gasteiger partial charge in [0.25, 0.3) is 0 Å². The predicted octanol–water partition coefficient (Wildman–Crippen LogP) is 5.09. The number of carbonyl (C=O) groups excluding carboxylic acids is 1. The highest BCUT2D eigenvalue weighted by molar-refractivity contribution is 6.43. The molecule has 1 N–H and O–H groups in total. The summed E-state index contributed by atoms with van der Waals surface area (Å²) in [4.78, 5) is 12.0. The maximum absolute atomic E-state index is 12.0. The molecule has 0 spiro atoms. The van der Waals surface area contributed by atoms with Gasteiger partial charge in [-0.3, -0.25) is 4.79 Å². The third-order valence-electron chi connectivity index (χ3n) is 4.24. The van der Waals surface area contributed by atoms with Gasteiger partial charge in [-0.15, -0.1) is 0 Å². The molecule has 1 aromatic heterocycles. The first-order valence-corrected chi connectivity index (χ1v) is 9.22. The first-order chi connectivity index (χ1) is 13.0. The fourth-order valence-electron chi connectivity index (χ4n) is 2.95. The third kappa shape index (κ3) is 4.41. The number of hydrazone groups is 1. The molecule has 0 aliphatic rings. The average Bonchev–Trinajstić information content (AvgIpc) is 2.92. The number of aromatic nitrogens is 1. The van der Waals surface area contributed by atoms with E-state index in [0.717, 1.165) is 28.2 Å². The molecule has 0 aliphatic heterocycles. The van der Waals surface area contributed by atoms with Crippen molar-refractivity contribution in [3.63, 3.8) is 0 Å². The van der Waals surface area contributed by atoms with Crippen LogP contribution in [0.2, 0.25) is 10.0 Å². The molecule has 1 amide bonds. The Morgan fingerprint density at radius 3 is 2.59 bits per heavy atom. The van der Waals surface area contributed by atoms with E-state index in [2.05, 4.69) is 10.5 Å². The predicted molar refractivity (Wildman–Crippen MR) is 111 cm³/mol. The number of carbonyl (C=O) groups is 1. The Kier molecular flexibility index (Phi) is 5.99. The number of hydrogen-bond donors (Lipinski definition) is 1. The van der Waals surface area contributed by atoms with E-state index in [4.69, 9.17) is 23.2 Å². The van der Waals surface area contributed by atoms with Crippen LogP contribution in [0.1, 0.15) is 22.5 Å². The fraction of sp³-hybridized carbons (Fsp3) is 0.143. The Balaban J connectivity index is 1.76. The van der Waals surface area contributed by atoms with Gasteiger partial charge in [-0.25, -0.2) is 5.43 Å². The minimum Gasteiger partial charge on any atom is -0.316 e. The van der Waals surface area contributed by atoms with Crippen LogP contribution < -0.4 is 5.43 Å². The maximum atomic E-state index is 12.0. The molecule has 2 aromatic carbocycles. The topological polar surface area (TPSA) is 46.4 Å². The van der Waals surface area contributed by atoms with Gasteiger partial charge in [-0.05, 0) is 37.6 Å². The van der Waals surface area contributed by atoms with Crippen LogP contribution in [-0.2, 0) is 11.2 Å². The summed E-state index contributed by atoms with van der Waals surface area (Å²) in [6.45, 7) is 3.95. The van der Waals surface area contributed by atoms with Gasteiger partial charge in [0, 0.05) is 17.0 Å². The highest BCUT2D eigenvalue weighted by Gasteiger charge is 2.13. The normalized spacial score (nSPS) is 11.1. The van der Waals surface area contributed by atoms with E-state index in [1.807, 2.05) is 66.9 Å². The Morgan fingerprint density at radius 1 is 1.11 bits per heavy atom. The second-order valence-corrected chi connectivity index (χ2v) is 6.98. The van der Waals surface area contributed by atoms with Crippen LogP contribution in [0.25, 0.3) is 5.69 Å². The monoisotopic (exact) mass is 399 g/mol. The van der Waals surface area contributed by atoms with Crippen molar-refractivity contribution in [3.8, 4) is 5.69 Å². The van der Waals surface area contributed by atoms with E-state index in [1.54, 1.807) is 12.3 Å². The van der Waals surface area contributed by atoms with Crippen molar-refractivity contribution in [2.24, 2.45) is 5.10 Å². The highest BCUT2D eigenvalue weighted by atomic mass is 35.5. The minimum absolute atomic E-state index is 0.163. The first-order valence-electron chi connectivity index (χ1n) is 8.46. The number of halogens is 2. The summed E-state index contributed by atoms with van der Waals surface area (Å²) < 4.78 is 2.02. The Morgan fingerprint density at radius 2 is 1.85 bits per heavy atom.